The molecule has 1 aliphatic heterocycles. The molecule has 1 N–H and O–H groups in total. The van der Waals surface area contributed by atoms with E-state index in [4.69, 9.17) is 8.85 Å². The van der Waals surface area contributed by atoms with Crippen molar-refractivity contribution in [2.24, 2.45) is 0 Å². The van der Waals surface area contributed by atoms with Crippen molar-refractivity contribution in [3.63, 3.8) is 0 Å². The summed E-state index contributed by atoms with van der Waals surface area (Å²) in [7, 11) is 1.29. The molecule has 4 aromatic rings. The molecule has 37 heavy (non-hydrogen) atoms. The number of aromatic nitrogens is 5. The Morgan fingerprint density at radius 1 is 1.35 bits per heavy atom. The fourth-order valence-corrected chi connectivity index (χ4v) is 4.71. The fraction of sp³-hybridized carbons (Fsp3) is 0.417. The SMILES string of the molecule is [2H]C([2H])([2H])C(=O)N1CC[C@@H](Nc2nc(OC)c3c(-c4ccc5nc(C)n(CCF)c5c4)c(F)cn3n2)C(F)(F)C1. The van der Waals surface area contributed by atoms with E-state index >= 15 is 4.39 Å². The number of rotatable bonds is 6. The number of fused-ring (bicyclic) bond motifs is 2. The summed E-state index contributed by atoms with van der Waals surface area (Å²) in [6.07, 6.45) is 0.778. The third kappa shape index (κ3) is 4.31. The number of benzene rings is 1. The number of carbonyl (C=O) groups is 1. The van der Waals surface area contributed by atoms with E-state index < -0.39 is 43.8 Å². The van der Waals surface area contributed by atoms with Crippen LogP contribution in [0.2, 0.25) is 0 Å². The van der Waals surface area contributed by atoms with Gasteiger partial charge in [0, 0.05) is 17.5 Å². The van der Waals surface area contributed by atoms with Crippen LogP contribution in [0.4, 0.5) is 23.5 Å². The van der Waals surface area contributed by atoms with E-state index in [1.165, 1.54) is 7.11 Å². The summed E-state index contributed by atoms with van der Waals surface area (Å²) >= 11 is 0. The van der Waals surface area contributed by atoms with Crippen molar-refractivity contribution >= 4 is 28.4 Å². The van der Waals surface area contributed by atoms with Crippen molar-refractivity contribution in [1.82, 2.24) is 29.0 Å². The number of imidazole rings is 1. The van der Waals surface area contributed by atoms with E-state index in [0.29, 0.717) is 27.3 Å². The maximum absolute atomic E-state index is 15.3. The molecule has 5 rings (SSSR count). The van der Waals surface area contributed by atoms with E-state index in [2.05, 4.69) is 20.4 Å². The number of nitrogens with one attached hydrogen (secondary N) is 1. The van der Waals surface area contributed by atoms with Crippen LogP contribution in [-0.4, -0.2) is 73.8 Å². The summed E-state index contributed by atoms with van der Waals surface area (Å²) in [6.45, 7) is -3.11. The van der Waals surface area contributed by atoms with Gasteiger partial charge < -0.3 is 19.5 Å². The third-order valence-electron chi connectivity index (χ3n) is 6.47. The Morgan fingerprint density at radius 2 is 2.16 bits per heavy atom. The fourth-order valence-electron chi connectivity index (χ4n) is 4.71. The standard InChI is InChI=1S/C24H25F4N7O2/c1-13-29-17-5-4-15(10-18(17)34(13)9-7-25)20-16(26)11-35-21(20)22(37-3)31-23(32-35)30-19-6-8-33(14(2)36)12-24(19,27)28/h4-5,10-11,19H,6-9,12H2,1-3H3,(H,30,32)/t19-/m1/s1/i2D3. The van der Waals surface area contributed by atoms with Gasteiger partial charge in [0.05, 0.1) is 49.0 Å². The van der Waals surface area contributed by atoms with Gasteiger partial charge in [0.2, 0.25) is 17.7 Å². The number of alkyl halides is 3. The Hall–Kier alpha value is -3.90. The molecule has 0 spiro atoms. The minimum atomic E-state index is -3.51. The Kier molecular flexibility index (Phi) is 5.27. The number of aryl methyl sites for hydroxylation is 2. The largest absolute Gasteiger partial charge is 0.479 e. The van der Waals surface area contributed by atoms with Crippen LogP contribution < -0.4 is 10.1 Å². The summed E-state index contributed by atoms with van der Waals surface area (Å²) < 4.78 is 88.1. The topological polar surface area (TPSA) is 89.6 Å². The molecule has 0 radical (unpaired) electrons. The molecular formula is C24H25F4N7O2. The molecule has 0 aliphatic carbocycles. The monoisotopic (exact) mass is 522 g/mol. The van der Waals surface area contributed by atoms with Crippen molar-refractivity contribution in [2.75, 3.05) is 32.2 Å². The number of piperidine rings is 1. The summed E-state index contributed by atoms with van der Waals surface area (Å²) in [4.78, 5) is 21.2. The van der Waals surface area contributed by atoms with Crippen LogP contribution in [0.3, 0.4) is 0 Å². The number of anilines is 1. The molecule has 1 atom stereocenters. The zero-order valence-corrected chi connectivity index (χ0v) is 19.9. The average Bonchev–Trinajstić information content (AvgIpc) is 3.38. The minimum absolute atomic E-state index is 0.0835. The molecule has 4 heterocycles. The minimum Gasteiger partial charge on any atom is -0.479 e. The lowest BCUT2D eigenvalue weighted by Crippen LogP contribution is -2.55. The average molecular weight is 523 g/mol. The van der Waals surface area contributed by atoms with Gasteiger partial charge in [-0.15, -0.1) is 5.10 Å². The molecule has 0 saturated carbocycles. The van der Waals surface area contributed by atoms with Crippen molar-refractivity contribution in [3.8, 4) is 17.0 Å². The lowest BCUT2D eigenvalue weighted by atomic mass is 10.0. The van der Waals surface area contributed by atoms with Gasteiger partial charge in [-0.05, 0) is 31.0 Å². The number of nitrogens with zero attached hydrogens (tertiary/aromatic N) is 6. The van der Waals surface area contributed by atoms with Gasteiger partial charge in [0.25, 0.3) is 5.92 Å². The highest BCUT2D eigenvalue weighted by Crippen LogP contribution is 2.36. The molecule has 13 heteroatoms. The second-order valence-corrected chi connectivity index (χ2v) is 8.77. The summed E-state index contributed by atoms with van der Waals surface area (Å²) in [6, 6.07) is 3.47. The van der Waals surface area contributed by atoms with Crippen molar-refractivity contribution < 1.29 is 31.2 Å². The number of hydrogen-bond acceptors (Lipinski definition) is 6. The molecule has 3 aromatic heterocycles. The maximum atomic E-state index is 15.3. The molecule has 0 bridgehead atoms. The quantitative estimate of drug-likeness (QED) is 0.387. The number of hydrogen-bond donors (Lipinski definition) is 1. The number of halogens is 4. The van der Waals surface area contributed by atoms with Crippen molar-refractivity contribution in [3.05, 3.63) is 36.0 Å². The van der Waals surface area contributed by atoms with Crippen LogP contribution in [0, 0.1) is 12.7 Å². The Balaban J connectivity index is 1.49. The third-order valence-corrected chi connectivity index (χ3v) is 6.47. The predicted octanol–water partition coefficient (Wildman–Crippen LogP) is 3.84. The number of ether oxygens (including phenoxy) is 1. The van der Waals surface area contributed by atoms with E-state index in [0.717, 1.165) is 10.7 Å². The summed E-state index contributed by atoms with van der Waals surface area (Å²) in [5, 5.41) is 6.69. The van der Waals surface area contributed by atoms with E-state index in [1.807, 2.05) is 0 Å². The number of amides is 1. The van der Waals surface area contributed by atoms with E-state index in [-0.39, 0.29) is 42.4 Å². The molecule has 1 amide bonds. The highest BCUT2D eigenvalue weighted by molar-refractivity contribution is 5.90. The number of likely N-dealkylation sites (tertiary alicyclic amines) is 1. The predicted molar refractivity (Wildman–Crippen MR) is 128 cm³/mol. The maximum Gasteiger partial charge on any atom is 0.285 e. The van der Waals surface area contributed by atoms with Gasteiger partial charge in [0.15, 0.2) is 5.82 Å². The van der Waals surface area contributed by atoms with Gasteiger partial charge in [-0.25, -0.2) is 27.1 Å². The van der Waals surface area contributed by atoms with Crippen LogP contribution in [0.25, 0.3) is 27.7 Å². The van der Waals surface area contributed by atoms with Crippen LogP contribution in [-0.2, 0) is 11.3 Å². The smallest absolute Gasteiger partial charge is 0.285 e. The highest BCUT2D eigenvalue weighted by atomic mass is 19.3. The normalized spacial score (nSPS) is 19.0. The van der Waals surface area contributed by atoms with Crippen LogP contribution in [0.5, 0.6) is 5.88 Å². The summed E-state index contributed by atoms with van der Waals surface area (Å²) in [5.41, 5.74) is 1.88. The van der Waals surface area contributed by atoms with Gasteiger partial charge in [-0.1, -0.05) is 6.07 Å². The number of carbonyl (C=O) groups excluding carboxylic acids is 1. The van der Waals surface area contributed by atoms with Crippen molar-refractivity contribution in [1.29, 1.82) is 0 Å². The molecule has 0 unspecified atom stereocenters. The lowest BCUT2D eigenvalue weighted by molar-refractivity contribution is -0.140. The molecule has 9 nitrogen and oxygen atoms in total. The summed E-state index contributed by atoms with van der Waals surface area (Å²) in [5.74, 6) is -5.30. The zero-order valence-electron chi connectivity index (χ0n) is 22.9. The van der Waals surface area contributed by atoms with Crippen LogP contribution in [0.15, 0.2) is 24.4 Å². The molecule has 1 aliphatic rings. The van der Waals surface area contributed by atoms with Crippen LogP contribution in [0.1, 0.15) is 23.2 Å². The van der Waals surface area contributed by atoms with Gasteiger partial charge >= 0.3 is 0 Å². The Morgan fingerprint density at radius 3 is 2.86 bits per heavy atom. The molecule has 1 saturated heterocycles. The first-order valence-electron chi connectivity index (χ1n) is 12.9. The molecule has 1 aromatic carbocycles. The van der Waals surface area contributed by atoms with Gasteiger partial charge in [0.1, 0.15) is 18.0 Å². The van der Waals surface area contributed by atoms with Crippen LogP contribution >= 0.6 is 0 Å². The first-order chi connectivity index (χ1) is 18.8. The van der Waals surface area contributed by atoms with Crippen molar-refractivity contribution in [2.45, 2.75) is 38.7 Å². The second kappa shape index (κ2) is 9.20. The number of methoxy groups -OCH3 is 1. The first-order valence-corrected chi connectivity index (χ1v) is 11.4. The second-order valence-electron chi connectivity index (χ2n) is 8.77. The lowest BCUT2D eigenvalue weighted by Gasteiger charge is -2.38. The van der Waals surface area contributed by atoms with E-state index in [1.54, 1.807) is 29.7 Å². The first kappa shape index (κ1) is 21.2. The molecular weight excluding hydrogens is 494 g/mol. The van der Waals surface area contributed by atoms with Gasteiger partial charge in [-0.3, -0.25) is 4.79 Å². The Labute approximate surface area is 213 Å². The highest BCUT2D eigenvalue weighted by Gasteiger charge is 2.46. The molecule has 1 fully saturated rings. The molecule has 196 valence electrons. The van der Waals surface area contributed by atoms with Gasteiger partial charge in [-0.2, -0.15) is 4.98 Å². The Bertz CT molecular complexity index is 1610. The zero-order chi connectivity index (χ0) is 29.0. The van der Waals surface area contributed by atoms with E-state index in [9.17, 15) is 18.0 Å².